The van der Waals surface area contributed by atoms with Crippen LogP contribution in [-0.2, 0) is 6.18 Å². The minimum Gasteiger partial charge on any atom is -0.397 e. The highest BCUT2D eigenvalue weighted by Gasteiger charge is 2.31. The third-order valence-corrected chi connectivity index (χ3v) is 3.25. The molecule has 8 heteroatoms. The van der Waals surface area contributed by atoms with Crippen LogP contribution in [0, 0.1) is 5.82 Å². The van der Waals surface area contributed by atoms with Crippen molar-refractivity contribution in [3.8, 4) is 0 Å². The second-order valence-corrected chi connectivity index (χ2v) is 4.78. The predicted octanol–water partition coefficient (Wildman–Crippen LogP) is 6.17. The van der Waals surface area contributed by atoms with E-state index >= 15 is 0 Å². The molecule has 27 heavy (non-hydrogen) atoms. The summed E-state index contributed by atoms with van der Waals surface area (Å²) < 4.78 is 51.6. The van der Waals surface area contributed by atoms with Gasteiger partial charge in [0.1, 0.15) is 18.0 Å². The van der Waals surface area contributed by atoms with E-state index in [1.54, 1.807) is 18.2 Å². The van der Waals surface area contributed by atoms with Gasteiger partial charge in [0, 0.05) is 5.39 Å². The Morgan fingerprint density at radius 1 is 0.963 bits per heavy atom. The highest BCUT2D eigenvalue weighted by molar-refractivity contribution is 5.97. The van der Waals surface area contributed by atoms with Gasteiger partial charge >= 0.3 is 6.18 Å². The third kappa shape index (κ3) is 5.29. The molecular formula is C19H22F4N4. The zero-order valence-electron chi connectivity index (χ0n) is 15.5. The van der Waals surface area contributed by atoms with Crippen LogP contribution in [0.25, 0.3) is 10.9 Å². The minimum absolute atomic E-state index is 0.125. The maximum atomic E-state index is 13.9. The Labute approximate surface area is 155 Å². The summed E-state index contributed by atoms with van der Waals surface area (Å²) in [4.78, 5) is 8.02. The summed E-state index contributed by atoms with van der Waals surface area (Å²) in [5.74, 6) is -0.781. The van der Waals surface area contributed by atoms with Gasteiger partial charge < -0.3 is 11.1 Å². The highest BCUT2D eigenvalue weighted by Crippen LogP contribution is 2.33. The molecule has 0 unspecified atom stereocenters. The first-order valence-electron chi connectivity index (χ1n) is 8.49. The van der Waals surface area contributed by atoms with Gasteiger partial charge in [-0.3, -0.25) is 0 Å². The molecule has 0 atom stereocenters. The highest BCUT2D eigenvalue weighted by atomic mass is 19.4. The van der Waals surface area contributed by atoms with Gasteiger partial charge in [-0.05, 0) is 30.3 Å². The summed E-state index contributed by atoms with van der Waals surface area (Å²) in [6.07, 6.45) is -3.36. The molecule has 3 aromatic rings. The van der Waals surface area contributed by atoms with E-state index in [0.29, 0.717) is 22.7 Å². The van der Waals surface area contributed by atoms with Crippen molar-refractivity contribution in [3.63, 3.8) is 0 Å². The van der Waals surface area contributed by atoms with E-state index < -0.39 is 17.6 Å². The van der Waals surface area contributed by atoms with Crippen molar-refractivity contribution in [1.29, 1.82) is 0 Å². The number of fused-ring (bicyclic) bond motifs is 1. The number of anilines is 3. The first kappa shape index (κ1) is 22.1. The zero-order valence-corrected chi connectivity index (χ0v) is 15.5. The number of aromatic nitrogens is 2. The van der Waals surface area contributed by atoms with Gasteiger partial charge in [0.05, 0.1) is 22.5 Å². The maximum absolute atomic E-state index is 13.9. The summed E-state index contributed by atoms with van der Waals surface area (Å²) in [7, 11) is 0. The lowest BCUT2D eigenvalue weighted by molar-refractivity contribution is -0.137. The first-order valence-corrected chi connectivity index (χ1v) is 8.49. The minimum atomic E-state index is -4.60. The van der Waals surface area contributed by atoms with Crippen LogP contribution in [0.15, 0.2) is 42.7 Å². The fourth-order valence-corrected chi connectivity index (χ4v) is 2.13. The molecule has 0 aliphatic carbocycles. The largest absolute Gasteiger partial charge is 0.416 e. The second-order valence-electron chi connectivity index (χ2n) is 4.78. The van der Waals surface area contributed by atoms with Gasteiger partial charge in [0.2, 0.25) is 0 Å². The Bertz CT molecular complexity index is 879. The number of hydrogen-bond donors (Lipinski definition) is 2. The van der Waals surface area contributed by atoms with Gasteiger partial charge in [-0.1, -0.05) is 33.8 Å². The molecule has 0 aliphatic heterocycles. The molecule has 1 aromatic heterocycles. The van der Waals surface area contributed by atoms with Crippen LogP contribution in [0.4, 0.5) is 34.8 Å². The van der Waals surface area contributed by atoms with Crippen LogP contribution in [0.5, 0.6) is 0 Å². The molecule has 1 heterocycles. The number of para-hydroxylation sites is 1. The van der Waals surface area contributed by atoms with Crippen LogP contribution in [0.1, 0.15) is 33.3 Å². The van der Waals surface area contributed by atoms with Gasteiger partial charge in [-0.25, -0.2) is 14.4 Å². The van der Waals surface area contributed by atoms with Crippen molar-refractivity contribution in [2.75, 3.05) is 11.1 Å². The zero-order chi connectivity index (χ0) is 20.6. The molecule has 3 N–H and O–H groups in total. The number of hydrogen-bond acceptors (Lipinski definition) is 4. The van der Waals surface area contributed by atoms with Crippen molar-refractivity contribution in [2.45, 2.75) is 33.9 Å². The molecule has 0 saturated heterocycles. The van der Waals surface area contributed by atoms with Gasteiger partial charge in [-0.2, -0.15) is 13.2 Å². The molecule has 0 aliphatic rings. The van der Waals surface area contributed by atoms with Crippen LogP contribution >= 0.6 is 0 Å². The molecule has 3 rings (SSSR count). The molecule has 0 bridgehead atoms. The number of alkyl halides is 3. The first-order chi connectivity index (χ1) is 12.9. The summed E-state index contributed by atoms with van der Waals surface area (Å²) >= 11 is 0. The molecule has 0 radical (unpaired) electrons. The normalized spacial score (nSPS) is 10.4. The van der Waals surface area contributed by atoms with E-state index in [9.17, 15) is 17.6 Å². The molecular weight excluding hydrogens is 360 g/mol. The van der Waals surface area contributed by atoms with Gasteiger partial charge in [0.15, 0.2) is 0 Å². The van der Waals surface area contributed by atoms with E-state index in [0.717, 1.165) is 12.1 Å². The maximum Gasteiger partial charge on any atom is 0.416 e. The number of halogens is 4. The van der Waals surface area contributed by atoms with Crippen LogP contribution < -0.4 is 11.1 Å². The lowest BCUT2D eigenvalue weighted by atomic mass is 10.1. The summed E-state index contributed by atoms with van der Waals surface area (Å²) in [6.45, 7) is 8.00. The summed E-state index contributed by atoms with van der Waals surface area (Å²) in [5.41, 5.74) is 5.50. The van der Waals surface area contributed by atoms with Gasteiger partial charge in [-0.15, -0.1) is 0 Å². The lowest BCUT2D eigenvalue weighted by Crippen LogP contribution is -2.06. The molecule has 146 valence electrons. The predicted molar refractivity (Wildman–Crippen MR) is 101 cm³/mol. The fourth-order valence-electron chi connectivity index (χ4n) is 2.13. The molecule has 0 spiro atoms. The number of rotatable bonds is 2. The van der Waals surface area contributed by atoms with E-state index in [2.05, 4.69) is 15.3 Å². The van der Waals surface area contributed by atoms with Crippen molar-refractivity contribution < 1.29 is 17.6 Å². The molecule has 2 aromatic carbocycles. The lowest BCUT2D eigenvalue weighted by Gasteiger charge is -2.12. The van der Waals surface area contributed by atoms with Crippen LogP contribution in [0.2, 0.25) is 0 Å². The topological polar surface area (TPSA) is 63.8 Å². The number of nitrogen functional groups attached to an aromatic ring is 1. The van der Waals surface area contributed by atoms with E-state index in [1.807, 2.05) is 27.7 Å². The number of benzene rings is 2. The Hall–Kier alpha value is -2.90. The summed E-state index contributed by atoms with van der Waals surface area (Å²) in [5, 5.41) is 3.21. The quantitative estimate of drug-likeness (QED) is 0.411. The van der Waals surface area contributed by atoms with Crippen molar-refractivity contribution in [3.05, 3.63) is 54.1 Å². The Morgan fingerprint density at radius 2 is 1.63 bits per heavy atom. The SMILES string of the molecule is CC.CC.Nc1cccc2c(Nc3ccc(C(F)(F)F)cc3F)ncnc12. The molecule has 0 amide bonds. The Balaban J connectivity index is 0.000000855. The number of nitrogens with two attached hydrogens (primary N) is 1. The van der Waals surface area contributed by atoms with E-state index in [4.69, 9.17) is 5.73 Å². The van der Waals surface area contributed by atoms with Gasteiger partial charge in [0.25, 0.3) is 0 Å². The fraction of sp³-hybridized carbons (Fsp3) is 0.263. The molecule has 0 saturated carbocycles. The van der Waals surface area contributed by atoms with Crippen molar-refractivity contribution in [1.82, 2.24) is 9.97 Å². The average molecular weight is 382 g/mol. The standard InChI is InChI=1S/C15H10F4N4.2C2H6/c16-10-6-8(15(17,18)19)4-5-12(10)23-14-9-2-1-3-11(20)13(9)21-7-22-14;2*1-2/h1-7H,20H2,(H,21,22,23);2*1-2H3. The Kier molecular flexibility index (Phi) is 7.96. The molecule has 4 nitrogen and oxygen atoms in total. The van der Waals surface area contributed by atoms with Crippen LogP contribution in [-0.4, -0.2) is 9.97 Å². The van der Waals surface area contributed by atoms with Crippen molar-refractivity contribution in [2.24, 2.45) is 0 Å². The number of nitrogens with one attached hydrogen (secondary N) is 1. The average Bonchev–Trinajstić information content (AvgIpc) is 2.66. The van der Waals surface area contributed by atoms with Crippen LogP contribution in [0.3, 0.4) is 0 Å². The second kappa shape index (κ2) is 9.70. The molecule has 0 fully saturated rings. The van der Waals surface area contributed by atoms with E-state index in [1.165, 1.54) is 6.33 Å². The third-order valence-electron chi connectivity index (χ3n) is 3.25. The smallest absolute Gasteiger partial charge is 0.397 e. The number of nitrogens with zero attached hydrogens (tertiary/aromatic N) is 2. The van der Waals surface area contributed by atoms with E-state index in [-0.39, 0.29) is 11.5 Å². The van der Waals surface area contributed by atoms with Crippen molar-refractivity contribution >= 4 is 28.1 Å². The monoisotopic (exact) mass is 382 g/mol. The Morgan fingerprint density at radius 3 is 2.22 bits per heavy atom. The summed E-state index contributed by atoms with van der Waals surface area (Å²) in [6, 6.07) is 7.24.